The Morgan fingerprint density at radius 3 is 2.63 bits per heavy atom. The number of carboxylic acids is 1. The van der Waals surface area contributed by atoms with E-state index in [9.17, 15) is 24.2 Å². The first kappa shape index (κ1) is 25.2. The van der Waals surface area contributed by atoms with E-state index < -0.39 is 23.3 Å². The number of aromatic carboxylic acids is 1. The van der Waals surface area contributed by atoms with Gasteiger partial charge in [0.15, 0.2) is 0 Å². The normalized spacial score (nSPS) is 16.9. The average Bonchev–Trinajstić information content (AvgIpc) is 3.24. The molecule has 2 aromatic carbocycles. The Balaban J connectivity index is 2.02. The average molecular weight is 502 g/mol. The summed E-state index contributed by atoms with van der Waals surface area (Å²) in [6.07, 6.45) is 2.26. The number of fused-ring (bicyclic) bond motifs is 1. The second-order valence-electron chi connectivity index (χ2n) is 9.46. The first-order valence-electron chi connectivity index (χ1n) is 11.6. The van der Waals surface area contributed by atoms with Crippen molar-refractivity contribution < 1.29 is 19.4 Å². The van der Waals surface area contributed by atoms with Gasteiger partial charge in [0.05, 0.1) is 23.2 Å². The molecule has 1 aliphatic heterocycles. The van der Waals surface area contributed by atoms with Crippen molar-refractivity contribution in [1.29, 1.82) is 0 Å². The largest absolute Gasteiger partial charge is 0.477 e. The second-order valence-corrected chi connectivity index (χ2v) is 9.87. The summed E-state index contributed by atoms with van der Waals surface area (Å²) in [6.45, 7) is 4.91. The molecule has 7 nitrogen and oxygen atoms in total. The van der Waals surface area contributed by atoms with E-state index in [-0.39, 0.29) is 41.0 Å². The quantitative estimate of drug-likeness (QED) is 0.454. The molecule has 4 N–H and O–H groups in total. The molecule has 1 aromatic heterocycles. The van der Waals surface area contributed by atoms with Crippen LogP contribution >= 0.6 is 11.6 Å². The Hall–Kier alpha value is -2.94. The predicted octanol–water partition coefficient (Wildman–Crippen LogP) is 3.81. The fourth-order valence-corrected chi connectivity index (χ4v) is 5.00. The number of aliphatic hydroxyl groups is 1. The van der Waals surface area contributed by atoms with Crippen LogP contribution in [0.15, 0.2) is 41.3 Å². The molecular weight excluding hydrogens is 473 g/mol. The van der Waals surface area contributed by atoms with Gasteiger partial charge in [-0.3, -0.25) is 4.79 Å². The number of nitrogens with zero attached hydrogens (tertiary/aromatic N) is 2. The lowest BCUT2D eigenvalue weighted by Crippen LogP contribution is -2.28. The van der Waals surface area contributed by atoms with Gasteiger partial charge in [-0.05, 0) is 41.7 Å². The van der Waals surface area contributed by atoms with Gasteiger partial charge in [0, 0.05) is 42.8 Å². The standard InChI is InChI=1S/C26H29ClFN3O4/c1-14(2)23(13-32)31-12-19(26(34)35)25(33)18-9-16(8-15-4-3-5-20(27)24(15)28)21(10-22(18)31)30-7-6-17(29)11-30/h3-5,9-10,12,14,17,23,32H,6-8,11,13,29H2,1-2H3,(H,34,35)/t17-,23+/m0/s1. The monoisotopic (exact) mass is 501 g/mol. The maximum atomic E-state index is 14.8. The maximum Gasteiger partial charge on any atom is 0.341 e. The zero-order valence-electron chi connectivity index (χ0n) is 19.7. The van der Waals surface area contributed by atoms with Crippen LogP contribution in [0.3, 0.4) is 0 Å². The molecule has 35 heavy (non-hydrogen) atoms. The fourth-order valence-electron chi connectivity index (χ4n) is 4.81. The molecule has 1 saturated heterocycles. The highest BCUT2D eigenvalue weighted by molar-refractivity contribution is 6.30. The van der Waals surface area contributed by atoms with Crippen molar-refractivity contribution in [3.63, 3.8) is 0 Å². The van der Waals surface area contributed by atoms with Crippen molar-refractivity contribution in [2.75, 3.05) is 24.6 Å². The molecule has 9 heteroatoms. The Bertz CT molecular complexity index is 1340. The van der Waals surface area contributed by atoms with Crippen molar-refractivity contribution in [3.8, 4) is 0 Å². The number of halogens is 2. The van der Waals surface area contributed by atoms with Crippen LogP contribution in [0.5, 0.6) is 0 Å². The molecule has 0 unspecified atom stereocenters. The van der Waals surface area contributed by atoms with Crippen molar-refractivity contribution in [2.45, 2.75) is 38.8 Å². The number of aliphatic hydroxyl groups excluding tert-OH is 1. The van der Waals surface area contributed by atoms with Crippen LogP contribution in [-0.2, 0) is 6.42 Å². The van der Waals surface area contributed by atoms with E-state index >= 15 is 0 Å². The van der Waals surface area contributed by atoms with Gasteiger partial charge in [-0.2, -0.15) is 0 Å². The lowest BCUT2D eigenvalue weighted by molar-refractivity contribution is 0.0694. The van der Waals surface area contributed by atoms with Crippen LogP contribution in [0.25, 0.3) is 10.9 Å². The number of rotatable bonds is 7. The summed E-state index contributed by atoms with van der Waals surface area (Å²) in [5.74, 6) is -1.91. The minimum atomic E-state index is -1.34. The van der Waals surface area contributed by atoms with Gasteiger partial charge in [-0.25, -0.2) is 9.18 Å². The van der Waals surface area contributed by atoms with E-state index in [0.29, 0.717) is 29.7 Å². The van der Waals surface area contributed by atoms with Crippen LogP contribution < -0.4 is 16.1 Å². The van der Waals surface area contributed by atoms with E-state index in [4.69, 9.17) is 17.3 Å². The minimum absolute atomic E-state index is 0.00581. The molecule has 2 atom stereocenters. The molecule has 0 aliphatic carbocycles. The topological polar surface area (TPSA) is 109 Å². The molecular formula is C26H29ClFN3O4. The molecule has 0 spiro atoms. The number of carboxylic acid groups (broad SMARTS) is 1. The third-order valence-corrected chi connectivity index (χ3v) is 7.05. The Kier molecular flexibility index (Phi) is 7.17. The number of nitrogens with two attached hydrogens (primary N) is 1. The van der Waals surface area contributed by atoms with Crippen LogP contribution in [-0.4, -0.2) is 46.5 Å². The molecule has 0 amide bonds. The number of pyridine rings is 1. The molecule has 1 fully saturated rings. The summed E-state index contributed by atoms with van der Waals surface area (Å²) in [5, 5.41) is 20.0. The van der Waals surface area contributed by atoms with Gasteiger partial charge in [0.1, 0.15) is 11.4 Å². The molecule has 186 valence electrons. The Labute approximate surface area is 207 Å². The van der Waals surface area contributed by atoms with Crippen molar-refractivity contribution in [2.24, 2.45) is 11.7 Å². The van der Waals surface area contributed by atoms with E-state index in [0.717, 1.165) is 12.1 Å². The SMILES string of the molecule is CC(C)[C@@H](CO)n1cc(C(=O)O)c(=O)c2cc(Cc3cccc(Cl)c3F)c(N3CC[C@H](N)C3)cc21. The molecule has 1 aliphatic rings. The molecule has 4 rings (SSSR count). The number of aromatic nitrogens is 1. The van der Waals surface area contributed by atoms with E-state index in [1.165, 1.54) is 12.3 Å². The van der Waals surface area contributed by atoms with Gasteiger partial charge in [-0.15, -0.1) is 0 Å². The fraction of sp³-hybridized carbons (Fsp3) is 0.385. The highest BCUT2D eigenvalue weighted by atomic mass is 35.5. The third kappa shape index (κ3) is 4.78. The Morgan fingerprint density at radius 2 is 2.03 bits per heavy atom. The molecule has 3 aromatic rings. The second kappa shape index (κ2) is 9.97. The number of hydrogen-bond acceptors (Lipinski definition) is 5. The number of anilines is 1. The molecule has 2 heterocycles. The minimum Gasteiger partial charge on any atom is -0.477 e. The third-order valence-electron chi connectivity index (χ3n) is 6.75. The van der Waals surface area contributed by atoms with Crippen LogP contribution in [0.4, 0.5) is 10.1 Å². The van der Waals surface area contributed by atoms with Crippen molar-refractivity contribution >= 4 is 34.2 Å². The van der Waals surface area contributed by atoms with Crippen LogP contribution in [0.1, 0.15) is 47.8 Å². The van der Waals surface area contributed by atoms with Crippen molar-refractivity contribution in [3.05, 3.63) is 74.3 Å². The maximum absolute atomic E-state index is 14.8. The summed E-state index contributed by atoms with van der Waals surface area (Å²) in [5.41, 5.74) is 7.50. The first-order chi connectivity index (χ1) is 16.6. The van der Waals surface area contributed by atoms with Gasteiger partial charge < -0.3 is 25.4 Å². The summed E-state index contributed by atoms with van der Waals surface area (Å²) in [7, 11) is 0. The summed E-state index contributed by atoms with van der Waals surface area (Å²) >= 11 is 6.00. The van der Waals surface area contributed by atoms with Crippen LogP contribution in [0, 0.1) is 11.7 Å². The van der Waals surface area contributed by atoms with E-state index in [2.05, 4.69) is 4.90 Å². The van der Waals surface area contributed by atoms with Crippen molar-refractivity contribution in [1.82, 2.24) is 4.57 Å². The molecule has 0 radical (unpaired) electrons. The van der Waals surface area contributed by atoms with Gasteiger partial charge in [0.2, 0.25) is 5.43 Å². The zero-order valence-corrected chi connectivity index (χ0v) is 20.4. The summed E-state index contributed by atoms with van der Waals surface area (Å²) in [4.78, 5) is 27.2. The van der Waals surface area contributed by atoms with Gasteiger partial charge in [0.25, 0.3) is 0 Å². The highest BCUT2D eigenvalue weighted by Crippen LogP contribution is 2.33. The van der Waals surface area contributed by atoms with Gasteiger partial charge >= 0.3 is 5.97 Å². The lowest BCUT2D eigenvalue weighted by Gasteiger charge is -2.27. The summed E-state index contributed by atoms with van der Waals surface area (Å²) in [6, 6.07) is 7.80. The zero-order chi connectivity index (χ0) is 25.4. The van der Waals surface area contributed by atoms with Crippen LogP contribution in [0.2, 0.25) is 5.02 Å². The van der Waals surface area contributed by atoms with Gasteiger partial charge in [-0.1, -0.05) is 37.6 Å². The molecule has 0 bridgehead atoms. The first-order valence-corrected chi connectivity index (χ1v) is 12.0. The number of benzene rings is 2. The molecule has 0 saturated carbocycles. The lowest BCUT2D eigenvalue weighted by atomic mass is 9.97. The van der Waals surface area contributed by atoms with E-state index in [1.807, 2.05) is 19.9 Å². The summed E-state index contributed by atoms with van der Waals surface area (Å²) < 4.78 is 16.5. The highest BCUT2D eigenvalue weighted by Gasteiger charge is 2.26. The Morgan fingerprint density at radius 1 is 1.29 bits per heavy atom. The smallest absolute Gasteiger partial charge is 0.341 e. The number of hydrogen-bond donors (Lipinski definition) is 3. The predicted molar refractivity (Wildman–Crippen MR) is 135 cm³/mol. The number of carbonyl (C=O) groups is 1. The van der Waals surface area contributed by atoms with E-state index in [1.54, 1.807) is 22.8 Å².